The van der Waals surface area contributed by atoms with Crippen LogP contribution in [0.2, 0.25) is 0 Å². The van der Waals surface area contributed by atoms with Crippen LogP contribution in [0.15, 0.2) is 0 Å². The number of hydrogen-bond acceptors (Lipinski definition) is 4. The summed E-state index contributed by atoms with van der Waals surface area (Å²) in [5.74, 6) is 2.37. The Kier molecular flexibility index (Phi) is 3.49. The van der Waals surface area contributed by atoms with E-state index in [-0.39, 0.29) is 0 Å². The van der Waals surface area contributed by atoms with Crippen LogP contribution in [-0.4, -0.2) is 22.3 Å². The van der Waals surface area contributed by atoms with Gasteiger partial charge in [-0.2, -0.15) is 11.8 Å². The van der Waals surface area contributed by atoms with E-state index in [2.05, 4.69) is 15.3 Å². The fraction of sp³-hybridized carbons (Fsp3) is 0.667. The molecule has 0 radical (unpaired) electrons. The second kappa shape index (κ2) is 5.08. The molecule has 5 heteroatoms. The molecule has 17 heavy (non-hydrogen) atoms. The summed E-state index contributed by atoms with van der Waals surface area (Å²) in [6.07, 6.45) is 4.95. The molecule has 3 nitrogen and oxygen atoms in total. The van der Waals surface area contributed by atoms with Crippen molar-refractivity contribution in [3.05, 3.63) is 21.7 Å². The number of nitrogens with one attached hydrogen (secondary N) is 2. The van der Waals surface area contributed by atoms with Crippen LogP contribution in [0.1, 0.15) is 41.6 Å². The average Bonchev–Trinajstić information content (AvgIpc) is 2.40. The molecule has 0 saturated carbocycles. The average molecular weight is 267 g/mol. The minimum absolute atomic E-state index is 0.533. The number of aromatic nitrogens is 2. The van der Waals surface area contributed by atoms with E-state index >= 15 is 0 Å². The van der Waals surface area contributed by atoms with Crippen molar-refractivity contribution in [2.75, 3.05) is 12.3 Å². The third-order valence-corrected chi connectivity index (χ3v) is 5.19. The summed E-state index contributed by atoms with van der Waals surface area (Å²) in [7, 11) is 0. The van der Waals surface area contributed by atoms with E-state index in [0.717, 1.165) is 30.0 Å². The van der Waals surface area contributed by atoms with Crippen molar-refractivity contribution in [1.29, 1.82) is 0 Å². The van der Waals surface area contributed by atoms with Gasteiger partial charge in [0.1, 0.15) is 10.5 Å². The van der Waals surface area contributed by atoms with E-state index in [1.807, 2.05) is 11.8 Å². The maximum Gasteiger partial charge on any atom is 0.134 e. The van der Waals surface area contributed by atoms with Crippen LogP contribution >= 0.6 is 24.0 Å². The highest BCUT2D eigenvalue weighted by atomic mass is 32.2. The van der Waals surface area contributed by atoms with E-state index in [0.29, 0.717) is 5.25 Å². The Bertz CT molecular complexity index is 463. The van der Waals surface area contributed by atoms with Gasteiger partial charge in [-0.1, -0.05) is 18.6 Å². The molecule has 3 rings (SSSR count). The molecule has 1 unspecified atom stereocenters. The SMILES string of the molecule is S=c1nc(C2CCCCS2)[nH]c2c1CNCC2. The van der Waals surface area contributed by atoms with Crippen LogP contribution in [0.3, 0.4) is 0 Å². The van der Waals surface area contributed by atoms with Gasteiger partial charge in [0.05, 0.1) is 5.25 Å². The molecule has 0 bridgehead atoms. The molecule has 1 atom stereocenters. The summed E-state index contributed by atoms with van der Waals surface area (Å²) in [6, 6.07) is 0. The minimum Gasteiger partial charge on any atom is -0.346 e. The number of thioether (sulfide) groups is 1. The van der Waals surface area contributed by atoms with Gasteiger partial charge in [0.25, 0.3) is 0 Å². The number of nitrogens with zero attached hydrogens (tertiary/aromatic N) is 1. The predicted octanol–water partition coefficient (Wildman–Crippen LogP) is 2.74. The molecule has 2 N–H and O–H groups in total. The van der Waals surface area contributed by atoms with Gasteiger partial charge in [-0.05, 0) is 18.6 Å². The van der Waals surface area contributed by atoms with Crippen LogP contribution in [0, 0.1) is 4.64 Å². The topological polar surface area (TPSA) is 40.7 Å². The van der Waals surface area contributed by atoms with Crippen molar-refractivity contribution in [3.63, 3.8) is 0 Å². The van der Waals surface area contributed by atoms with Crippen molar-refractivity contribution >= 4 is 24.0 Å². The number of hydrogen-bond donors (Lipinski definition) is 2. The maximum absolute atomic E-state index is 5.42. The molecular weight excluding hydrogens is 250 g/mol. The summed E-state index contributed by atoms with van der Waals surface area (Å²) >= 11 is 7.44. The van der Waals surface area contributed by atoms with E-state index < -0.39 is 0 Å². The molecule has 0 spiro atoms. The van der Waals surface area contributed by atoms with Gasteiger partial charge in [0.2, 0.25) is 0 Å². The first-order valence-corrected chi connectivity index (χ1v) is 7.74. The lowest BCUT2D eigenvalue weighted by atomic mass is 10.1. The molecule has 92 valence electrons. The molecular formula is C12H17N3S2. The van der Waals surface area contributed by atoms with E-state index in [4.69, 9.17) is 12.2 Å². The fourth-order valence-corrected chi connectivity index (χ4v) is 4.05. The van der Waals surface area contributed by atoms with Crippen LogP contribution in [-0.2, 0) is 13.0 Å². The lowest BCUT2D eigenvalue weighted by Crippen LogP contribution is -2.26. The maximum atomic E-state index is 5.42. The number of rotatable bonds is 1. The Morgan fingerprint density at radius 2 is 2.29 bits per heavy atom. The predicted molar refractivity (Wildman–Crippen MR) is 73.9 cm³/mol. The number of H-pyrrole nitrogens is 1. The van der Waals surface area contributed by atoms with Crippen molar-refractivity contribution in [3.8, 4) is 0 Å². The molecule has 3 heterocycles. The van der Waals surface area contributed by atoms with Gasteiger partial charge in [-0.15, -0.1) is 0 Å². The van der Waals surface area contributed by atoms with E-state index in [1.54, 1.807) is 0 Å². The highest BCUT2D eigenvalue weighted by Crippen LogP contribution is 2.36. The van der Waals surface area contributed by atoms with Crippen LogP contribution in [0.4, 0.5) is 0 Å². The lowest BCUT2D eigenvalue weighted by Gasteiger charge is -2.23. The van der Waals surface area contributed by atoms with Gasteiger partial charge in [0.15, 0.2) is 0 Å². The first-order chi connectivity index (χ1) is 8.34. The van der Waals surface area contributed by atoms with Gasteiger partial charge in [0, 0.05) is 30.8 Å². The van der Waals surface area contributed by atoms with Crippen molar-refractivity contribution in [2.24, 2.45) is 0 Å². The third-order valence-electron chi connectivity index (χ3n) is 3.46. The molecule has 2 aliphatic heterocycles. The van der Waals surface area contributed by atoms with Crippen molar-refractivity contribution in [1.82, 2.24) is 15.3 Å². The van der Waals surface area contributed by atoms with Crippen LogP contribution < -0.4 is 5.32 Å². The van der Waals surface area contributed by atoms with Gasteiger partial charge < -0.3 is 10.3 Å². The summed E-state index contributed by atoms with van der Waals surface area (Å²) in [4.78, 5) is 8.15. The highest BCUT2D eigenvalue weighted by molar-refractivity contribution is 7.99. The smallest absolute Gasteiger partial charge is 0.134 e. The standard InChI is InChI=1S/C12H17N3S2/c16-12-8-7-13-5-4-9(8)14-11(15-12)10-3-1-2-6-17-10/h10,13H,1-7H2,(H,14,15,16). The summed E-state index contributed by atoms with van der Waals surface area (Å²) in [5.41, 5.74) is 2.51. The van der Waals surface area contributed by atoms with Gasteiger partial charge in [-0.3, -0.25) is 0 Å². The minimum atomic E-state index is 0.533. The Balaban J connectivity index is 1.95. The summed E-state index contributed by atoms with van der Waals surface area (Å²) in [6.45, 7) is 1.91. The molecule has 1 aromatic heterocycles. The van der Waals surface area contributed by atoms with Crippen LogP contribution in [0.5, 0.6) is 0 Å². The Labute approximate surface area is 111 Å². The van der Waals surface area contributed by atoms with Gasteiger partial charge >= 0.3 is 0 Å². The largest absolute Gasteiger partial charge is 0.346 e. The molecule has 0 amide bonds. The zero-order chi connectivity index (χ0) is 11.7. The number of fused-ring (bicyclic) bond motifs is 1. The van der Waals surface area contributed by atoms with Crippen molar-refractivity contribution < 1.29 is 0 Å². The Hall–Kier alpha value is -0.390. The molecule has 0 aromatic carbocycles. The zero-order valence-electron chi connectivity index (χ0n) is 9.79. The van der Waals surface area contributed by atoms with E-state index in [1.165, 1.54) is 36.3 Å². The van der Waals surface area contributed by atoms with Crippen LogP contribution in [0.25, 0.3) is 0 Å². The first kappa shape index (κ1) is 11.7. The normalized spacial score (nSPS) is 24.4. The lowest BCUT2D eigenvalue weighted by molar-refractivity contribution is 0.605. The Morgan fingerprint density at radius 3 is 3.12 bits per heavy atom. The fourth-order valence-electron chi connectivity index (χ4n) is 2.50. The third kappa shape index (κ3) is 2.41. The second-order valence-electron chi connectivity index (χ2n) is 4.67. The molecule has 2 aliphatic rings. The first-order valence-electron chi connectivity index (χ1n) is 6.29. The number of aromatic amines is 1. The molecule has 1 saturated heterocycles. The quantitative estimate of drug-likeness (QED) is 0.768. The molecule has 1 fully saturated rings. The summed E-state index contributed by atoms with van der Waals surface area (Å²) in [5, 5.41) is 3.88. The zero-order valence-corrected chi connectivity index (χ0v) is 11.4. The molecule has 1 aromatic rings. The van der Waals surface area contributed by atoms with Gasteiger partial charge in [-0.25, -0.2) is 4.98 Å². The highest BCUT2D eigenvalue weighted by Gasteiger charge is 2.20. The molecule has 0 aliphatic carbocycles. The van der Waals surface area contributed by atoms with E-state index in [9.17, 15) is 0 Å². The monoisotopic (exact) mass is 267 g/mol. The summed E-state index contributed by atoms with van der Waals surface area (Å²) < 4.78 is 0.798. The second-order valence-corrected chi connectivity index (χ2v) is 6.36. The Morgan fingerprint density at radius 1 is 1.35 bits per heavy atom. The van der Waals surface area contributed by atoms with Crippen molar-refractivity contribution in [2.45, 2.75) is 37.5 Å².